The largest absolute Gasteiger partial charge is 0.477 e. The van der Waals surface area contributed by atoms with Gasteiger partial charge in [-0.25, -0.2) is 18.7 Å². The van der Waals surface area contributed by atoms with Crippen molar-refractivity contribution in [2.45, 2.75) is 19.4 Å². The fraction of sp³-hybridized carbons (Fsp3) is 0.217. The van der Waals surface area contributed by atoms with Crippen LogP contribution in [-0.4, -0.2) is 21.1 Å². The summed E-state index contributed by atoms with van der Waals surface area (Å²) in [6.07, 6.45) is 3.98. The van der Waals surface area contributed by atoms with Gasteiger partial charge in [0.05, 0.1) is 23.2 Å². The topological polar surface area (TPSA) is 39.9 Å². The maximum absolute atomic E-state index is 14.1. The summed E-state index contributed by atoms with van der Waals surface area (Å²) in [4.78, 5) is 8.99. The van der Waals surface area contributed by atoms with Crippen molar-refractivity contribution in [3.8, 4) is 17.3 Å². The van der Waals surface area contributed by atoms with Crippen molar-refractivity contribution in [3.05, 3.63) is 76.9 Å². The molecule has 0 atom stereocenters. The molecule has 2 aromatic heterocycles. The Balaban J connectivity index is 1.66. The molecule has 0 unspecified atom stereocenters. The Labute approximate surface area is 177 Å². The number of pyridine rings is 1. The molecule has 4 aromatic rings. The van der Waals surface area contributed by atoms with Gasteiger partial charge in [0, 0.05) is 29.9 Å². The number of fused-ring (bicyclic) bond motifs is 1. The van der Waals surface area contributed by atoms with E-state index < -0.39 is 11.6 Å². The van der Waals surface area contributed by atoms with Crippen molar-refractivity contribution in [3.63, 3.8) is 0 Å². The minimum Gasteiger partial charge on any atom is -0.477 e. The highest BCUT2D eigenvalue weighted by atomic mass is 35.5. The van der Waals surface area contributed by atoms with E-state index in [4.69, 9.17) is 16.3 Å². The molecule has 1 aliphatic rings. The SMILES string of the molecule is Fc1cc2nc(-c3cccnc3OCC3CC3)n(Cc3cccc(Cl)c3)c2cc1F. The summed E-state index contributed by atoms with van der Waals surface area (Å²) in [6.45, 7) is 0.982. The maximum atomic E-state index is 14.1. The summed E-state index contributed by atoms with van der Waals surface area (Å²) < 4.78 is 35.7. The van der Waals surface area contributed by atoms with Gasteiger partial charge in [-0.1, -0.05) is 23.7 Å². The summed E-state index contributed by atoms with van der Waals surface area (Å²) in [5, 5.41) is 0.602. The van der Waals surface area contributed by atoms with Gasteiger partial charge in [0.1, 0.15) is 5.82 Å². The monoisotopic (exact) mass is 425 g/mol. The van der Waals surface area contributed by atoms with Gasteiger partial charge in [0.2, 0.25) is 5.88 Å². The lowest BCUT2D eigenvalue weighted by molar-refractivity contribution is 0.289. The number of hydrogen-bond acceptors (Lipinski definition) is 3. The lowest BCUT2D eigenvalue weighted by atomic mass is 10.2. The lowest BCUT2D eigenvalue weighted by Gasteiger charge is -2.13. The second kappa shape index (κ2) is 7.69. The molecule has 5 rings (SSSR count). The van der Waals surface area contributed by atoms with Crippen molar-refractivity contribution >= 4 is 22.6 Å². The highest BCUT2D eigenvalue weighted by Crippen LogP contribution is 2.34. The van der Waals surface area contributed by atoms with Gasteiger partial charge < -0.3 is 9.30 Å². The summed E-state index contributed by atoms with van der Waals surface area (Å²) in [5.41, 5.74) is 2.44. The molecule has 152 valence electrons. The number of ether oxygens (including phenoxy) is 1. The van der Waals surface area contributed by atoms with Crippen LogP contribution < -0.4 is 4.74 Å². The van der Waals surface area contributed by atoms with Crippen LogP contribution in [0.3, 0.4) is 0 Å². The van der Waals surface area contributed by atoms with Crippen LogP contribution in [0.1, 0.15) is 18.4 Å². The van der Waals surface area contributed by atoms with Crippen LogP contribution in [0.2, 0.25) is 5.02 Å². The summed E-state index contributed by atoms with van der Waals surface area (Å²) in [6, 6.07) is 13.3. The molecule has 1 aliphatic carbocycles. The Morgan fingerprint density at radius 3 is 2.70 bits per heavy atom. The zero-order chi connectivity index (χ0) is 20.7. The van der Waals surface area contributed by atoms with E-state index in [2.05, 4.69) is 9.97 Å². The average Bonchev–Trinajstić information content (AvgIpc) is 3.51. The summed E-state index contributed by atoms with van der Waals surface area (Å²) >= 11 is 6.14. The second-order valence-corrected chi connectivity index (χ2v) is 7.95. The second-order valence-electron chi connectivity index (χ2n) is 7.52. The minimum atomic E-state index is -0.933. The molecule has 0 aliphatic heterocycles. The molecule has 30 heavy (non-hydrogen) atoms. The Kier molecular flexibility index (Phi) is 4.87. The molecule has 0 amide bonds. The van der Waals surface area contributed by atoms with Crippen LogP contribution >= 0.6 is 11.6 Å². The van der Waals surface area contributed by atoms with Gasteiger partial charge in [-0.05, 0) is 48.6 Å². The smallest absolute Gasteiger partial charge is 0.224 e. The minimum absolute atomic E-state index is 0.364. The lowest BCUT2D eigenvalue weighted by Crippen LogP contribution is -2.06. The molecule has 4 nitrogen and oxygen atoms in total. The Hall–Kier alpha value is -2.99. The first-order valence-corrected chi connectivity index (χ1v) is 10.1. The Morgan fingerprint density at radius 2 is 1.90 bits per heavy atom. The van der Waals surface area contributed by atoms with E-state index in [9.17, 15) is 8.78 Å². The number of rotatable bonds is 6. The average molecular weight is 426 g/mol. The van der Waals surface area contributed by atoms with Crippen molar-refractivity contribution in [2.24, 2.45) is 5.92 Å². The molecule has 0 radical (unpaired) electrons. The van der Waals surface area contributed by atoms with Crippen LogP contribution in [0.25, 0.3) is 22.4 Å². The molecule has 1 fully saturated rings. The van der Waals surface area contributed by atoms with Crippen molar-refractivity contribution < 1.29 is 13.5 Å². The molecule has 0 N–H and O–H groups in total. The zero-order valence-electron chi connectivity index (χ0n) is 16.0. The van der Waals surface area contributed by atoms with E-state index in [-0.39, 0.29) is 0 Å². The van der Waals surface area contributed by atoms with Gasteiger partial charge in [-0.15, -0.1) is 0 Å². The molecule has 2 heterocycles. The third-order valence-corrected chi connectivity index (χ3v) is 5.42. The van der Waals surface area contributed by atoms with Crippen LogP contribution in [0.4, 0.5) is 8.78 Å². The molecular formula is C23H18ClF2N3O. The number of halogens is 3. The standard InChI is InChI=1S/C23H18ClF2N3O/c24-16-4-1-3-15(9-16)12-29-21-11-19(26)18(25)10-20(21)28-22(29)17-5-2-8-27-23(17)30-13-14-6-7-14/h1-5,8-11,14H,6-7,12-13H2. The maximum Gasteiger partial charge on any atom is 0.224 e. The number of hydrogen-bond donors (Lipinski definition) is 0. The van der Waals surface area contributed by atoms with E-state index in [1.807, 2.05) is 28.8 Å². The molecule has 0 saturated heterocycles. The van der Waals surface area contributed by atoms with E-state index in [0.29, 0.717) is 52.4 Å². The summed E-state index contributed by atoms with van der Waals surface area (Å²) in [7, 11) is 0. The Morgan fingerprint density at radius 1 is 1.07 bits per heavy atom. The quantitative estimate of drug-likeness (QED) is 0.388. The summed E-state index contributed by atoms with van der Waals surface area (Å²) in [5.74, 6) is -0.286. The molecule has 2 aromatic carbocycles. The third-order valence-electron chi connectivity index (χ3n) is 5.18. The first-order chi connectivity index (χ1) is 14.6. The van der Waals surface area contributed by atoms with Gasteiger partial charge in [-0.2, -0.15) is 0 Å². The third kappa shape index (κ3) is 3.75. The van der Waals surface area contributed by atoms with Gasteiger partial charge in [0.25, 0.3) is 0 Å². The normalized spacial score (nSPS) is 13.7. The van der Waals surface area contributed by atoms with E-state index in [1.54, 1.807) is 18.3 Å². The van der Waals surface area contributed by atoms with Gasteiger partial charge >= 0.3 is 0 Å². The number of nitrogens with zero attached hydrogens (tertiary/aromatic N) is 3. The number of imidazole rings is 1. The first kappa shape index (κ1) is 19.0. The molecule has 0 spiro atoms. The van der Waals surface area contributed by atoms with Gasteiger partial charge in [0.15, 0.2) is 11.6 Å². The van der Waals surface area contributed by atoms with E-state index in [0.717, 1.165) is 24.5 Å². The fourth-order valence-corrected chi connectivity index (χ4v) is 3.67. The molecular weight excluding hydrogens is 408 g/mol. The van der Waals surface area contributed by atoms with Crippen LogP contribution in [0, 0.1) is 17.6 Å². The van der Waals surface area contributed by atoms with Crippen molar-refractivity contribution in [1.82, 2.24) is 14.5 Å². The fourth-order valence-electron chi connectivity index (χ4n) is 3.46. The number of benzene rings is 2. The first-order valence-electron chi connectivity index (χ1n) is 9.76. The molecule has 1 saturated carbocycles. The van der Waals surface area contributed by atoms with Crippen molar-refractivity contribution in [2.75, 3.05) is 6.61 Å². The predicted molar refractivity (Wildman–Crippen MR) is 112 cm³/mol. The highest BCUT2D eigenvalue weighted by molar-refractivity contribution is 6.30. The van der Waals surface area contributed by atoms with Crippen LogP contribution in [0.15, 0.2) is 54.7 Å². The highest BCUT2D eigenvalue weighted by Gasteiger charge is 2.24. The molecule has 0 bridgehead atoms. The van der Waals surface area contributed by atoms with E-state index in [1.165, 1.54) is 6.07 Å². The van der Waals surface area contributed by atoms with E-state index >= 15 is 0 Å². The zero-order valence-corrected chi connectivity index (χ0v) is 16.7. The van der Waals surface area contributed by atoms with Crippen LogP contribution in [-0.2, 0) is 6.54 Å². The van der Waals surface area contributed by atoms with Gasteiger partial charge in [-0.3, -0.25) is 0 Å². The number of aromatic nitrogens is 3. The molecule has 7 heteroatoms. The Bertz CT molecular complexity index is 1240. The van der Waals surface area contributed by atoms with Crippen LogP contribution in [0.5, 0.6) is 5.88 Å². The predicted octanol–water partition coefficient (Wildman–Crippen LogP) is 5.87. The van der Waals surface area contributed by atoms with Crippen molar-refractivity contribution in [1.29, 1.82) is 0 Å².